The largest absolute Gasteiger partial charge is 0.506 e. The summed E-state index contributed by atoms with van der Waals surface area (Å²) in [7, 11) is 1.49. The number of phenolic OH excluding ortho intramolecular Hbond substituents is 1. The molecule has 1 aliphatic heterocycles. The van der Waals surface area contributed by atoms with E-state index in [0.717, 1.165) is 31.2 Å². The Bertz CT molecular complexity index is 1160. The third kappa shape index (κ3) is 6.98. The predicted octanol–water partition coefficient (Wildman–Crippen LogP) is 7.93. The Morgan fingerprint density at radius 3 is 2.54 bits per heavy atom. The van der Waals surface area contributed by atoms with Gasteiger partial charge in [0.05, 0.1) is 12.7 Å². The van der Waals surface area contributed by atoms with Gasteiger partial charge in [-0.1, -0.05) is 59.7 Å². The van der Waals surface area contributed by atoms with Crippen LogP contribution in [-0.4, -0.2) is 23.6 Å². The molecule has 0 saturated carbocycles. The van der Waals surface area contributed by atoms with Gasteiger partial charge in [-0.3, -0.25) is 4.79 Å². The minimum atomic E-state index is -0.514. The number of rotatable bonds is 10. The molecule has 0 bridgehead atoms. The van der Waals surface area contributed by atoms with Gasteiger partial charge in [0.2, 0.25) is 0 Å². The minimum Gasteiger partial charge on any atom is -0.506 e. The first-order valence-electron chi connectivity index (χ1n) is 12.1. The molecule has 1 unspecified atom stereocenters. The number of phenols is 1. The van der Waals surface area contributed by atoms with E-state index < -0.39 is 5.60 Å². The van der Waals surface area contributed by atoms with E-state index in [2.05, 4.69) is 32.9 Å². The molecule has 1 heterocycles. The number of methoxy groups -OCH3 is 1. The molecule has 0 spiro atoms. The zero-order chi connectivity index (χ0) is 25.4. The van der Waals surface area contributed by atoms with Gasteiger partial charge in [-0.25, -0.2) is 0 Å². The van der Waals surface area contributed by atoms with Crippen LogP contribution in [0.2, 0.25) is 0 Å². The highest BCUT2D eigenvalue weighted by Gasteiger charge is 2.31. The Morgan fingerprint density at radius 2 is 1.86 bits per heavy atom. The Labute approximate surface area is 209 Å². The molecule has 2 aromatic carbocycles. The van der Waals surface area contributed by atoms with Crippen molar-refractivity contribution in [2.24, 2.45) is 0 Å². The predicted molar refractivity (Wildman–Crippen MR) is 144 cm³/mol. The number of fused-ring (bicyclic) bond motifs is 1. The van der Waals surface area contributed by atoms with Gasteiger partial charge >= 0.3 is 0 Å². The van der Waals surface area contributed by atoms with E-state index in [-0.39, 0.29) is 22.8 Å². The summed E-state index contributed by atoms with van der Waals surface area (Å²) < 4.78 is 11.8. The summed E-state index contributed by atoms with van der Waals surface area (Å²) in [5.74, 6) is 0.339. The molecular formula is C31H36O4. The average molecular weight is 473 g/mol. The van der Waals surface area contributed by atoms with Gasteiger partial charge in [-0.05, 0) is 77.2 Å². The van der Waals surface area contributed by atoms with Gasteiger partial charge in [0.15, 0.2) is 5.78 Å². The summed E-state index contributed by atoms with van der Waals surface area (Å²) in [6, 6.07) is 11.2. The highest BCUT2D eigenvalue weighted by Crippen LogP contribution is 2.44. The Balaban J connectivity index is 1.75. The van der Waals surface area contributed by atoms with Crippen LogP contribution in [0.5, 0.6) is 17.2 Å². The molecule has 184 valence electrons. The Morgan fingerprint density at radius 1 is 1.11 bits per heavy atom. The van der Waals surface area contributed by atoms with Gasteiger partial charge in [0.1, 0.15) is 28.4 Å². The van der Waals surface area contributed by atoms with Crippen LogP contribution in [0.25, 0.3) is 12.2 Å². The normalized spacial score (nSPS) is 17.1. The zero-order valence-electron chi connectivity index (χ0n) is 21.4. The summed E-state index contributed by atoms with van der Waals surface area (Å²) in [5, 5.41) is 11.0. The number of carbonyl (C=O) groups is 1. The number of hydrogen-bond donors (Lipinski definition) is 1. The Kier molecular flexibility index (Phi) is 8.75. The molecule has 3 rings (SSSR count). The molecule has 0 amide bonds. The highest BCUT2D eigenvalue weighted by atomic mass is 16.5. The van der Waals surface area contributed by atoms with Crippen molar-refractivity contribution in [3.8, 4) is 17.2 Å². The fourth-order valence-electron chi connectivity index (χ4n) is 4.08. The molecule has 2 aromatic rings. The number of hydrogen-bond acceptors (Lipinski definition) is 4. The monoisotopic (exact) mass is 472 g/mol. The van der Waals surface area contributed by atoms with E-state index in [4.69, 9.17) is 9.47 Å². The molecule has 0 radical (unpaired) electrons. The summed E-state index contributed by atoms with van der Waals surface area (Å²) in [6.45, 7) is 8.45. The summed E-state index contributed by atoms with van der Waals surface area (Å²) in [4.78, 5) is 12.9. The van der Waals surface area contributed by atoms with E-state index in [1.807, 2.05) is 49.4 Å². The summed E-state index contributed by atoms with van der Waals surface area (Å²) >= 11 is 0. The maximum atomic E-state index is 12.9. The SMILES string of the molecule is COc1cc2c(c(O)c1C(=O)/C=C/c1ccccc1)C=CC(C)(CC/C=C(\C)CCC=C(C)C)O2. The van der Waals surface area contributed by atoms with Crippen molar-refractivity contribution in [1.82, 2.24) is 0 Å². The van der Waals surface area contributed by atoms with Gasteiger partial charge in [-0.2, -0.15) is 0 Å². The van der Waals surface area contributed by atoms with E-state index >= 15 is 0 Å². The fraction of sp³-hybridized carbons (Fsp3) is 0.323. The molecule has 0 saturated heterocycles. The number of ketones is 1. The van der Waals surface area contributed by atoms with Gasteiger partial charge in [0.25, 0.3) is 0 Å². The van der Waals surface area contributed by atoms with Crippen LogP contribution in [0.15, 0.2) is 71.8 Å². The van der Waals surface area contributed by atoms with Crippen molar-refractivity contribution < 1.29 is 19.4 Å². The second kappa shape index (κ2) is 11.7. The van der Waals surface area contributed by atoms with E-state index in [1.165, 1.54) is 24.3 Å². The second-order valence-electron chi connectivity index (χ2n) is 9.48. The standard InChI is InChI=1S/C31H36O4/c1-22(2)11-9-12-23(3)13-10-19-31(4)20-18-25-27(35-31)21-28(34-5)29(30(25)33)26(32)17-16-24-14-7-6-8-15-24/h6-8,11,13-18,20-21,33H,9-10,12,19H2,1-5H3/b17-16+,23-13+. The van der Waals surface area contributed by atoms with E-state index in [1.54, 1.807) is 12.1 Å². The molecular weight excluding hydrogens is 436 g/mol. The van der Waals surface area contributed by atoms with Crippen molar-refractivity contribution in [3.63, 3.8) is 0 Å². The average Bonchev–Trinajstić information content (AvgIpc) is 2.82. The molecule has 1 atom stereocenters. The topological polar surface area (TPSA) is 55.8 Å². The van der Waals surface area contributed by atoms with E-state index in [0.29, 0.717) is 11.3 Å². The van der Waals surface area contributed by atoms with Crippen LogP contribution >= 0.6 is 0 Å². The van der Waals surface area contributed by atoms with Crippen molar-refractivity contribution in [2.45, 2.75) is 59.0 Å². The quantitative estimate of drug-likeness (QED) is 0.217. The highest BCUT2D eigenvalue weighted by molar-refractivity contribution is 6.11. The lowest BCUT2D eigenvalue weighted by Gasteiger charge is -2.32. The van der Waals surface area contributed by atoms with Crippen molar-refractivity contribution in [3.05, 3.63) is 88.5 Å². The van der Waals surface area contributed by atoms with Crippen molar-refractivity contribution >= 4 is 17.9 Å². The molecule has 0 aromatic heterocycles. The molecule has 4 nitrogen and oxygen atoms in total. The third-order valence-corrected chi connectivity index (χ3v) is 6.13. The molecule has 1 aliphatic rings. The molecule has 35 heavy (non-hydrogen) atoms. The lowest BCUT2D eigenvalue weighted by Crippen LogP contribution is -2.31. The maximum Gasteiger partial charge on any atom is 0.193 e. The van der Waals surface area contributed by atoms with Crippen LogP contribution < -0.4 is 9.47 Å². The first-order valence-corrected chi connectivity index (χ1v) is 12.1. The van der Waals surface area contributed by atoms with Gasteiger partial charge < -0.3 is 14.6 Å². The number of allylic oxidation sites excluding steroid dienone is 5. The molecule has 0 fully saturated rings. The molecule has 0 aliphatic carbocycles. The lowest BCUT2D eigenvalue weighted by molar-refractivity contribution is 0.104. The first-order chi connectivity index (χ1) is 16.7. The molecule has 4 heteroatoms. The number of carbonyl (C=O) groups excluding carboxylic acids is 1. The summed E-state index contributed by atoms with van der Waals surface area (Å²) in [6.07, 6.45) is 15.3. The fourth-order valence-corrected chi connectivity index (χ4v) is 4.08. The summed E-state index contributed by atoms with van der Waals surface area (Å²) in [5.41, 5.74) is 3.73. The second-order valence-corrected chi connectivity index (χ2v) is 9.48. The first kappa shape index (κ1) is 26.1. The number of ether oxygens (including phenoxy) is 2. The van der Waals surface area contributed by atoms with Crippen molar-refractivity contribution in [2.75, 3.05) is 7.11 Å². The lowest BCUT2D eigenvalue weighted by atomic mass is 9.92. The third-order valence-electron chi connectivity index (χ3n) is 6.13. The van der Waals surface area contributed by atoms with Crippen LogP contribution in [0, 0.1) is 0 Å². The maximum absolute atomic E-state index is 12.9. The van der Waals surface area contributed by atoms with Gasteiger partial charge in [0, 0.05) is 6.07 Å². The van der Waals surface area contributed by atoms with Gasteiger partial charge in [-0.15, -0.1) is 0 Å². The van der Waals surface area contributed by atoms with Crippen LogP contribution in [0.3, 0.4) is 0 Å². The molecule has 1 N–H and O–H groups in total. The van der Waals surface area contributed by atoms with E-state index in [9.17, 15) is 9.90 Å². The van der Waals surface area contributed by atoms with Crippen LogP contribution in [0.1, 0.15) is 74.9 Å². The minimum absolute atomic E-state index is 0.129. The van der Waals surface area contributed by atoms with Crippen molar-refractivity contribution in [1.29, 1.82) is 0 Å². The van der Waals surface area contributed by atoms with Crippen LogP contribution in [0.4, 0.5) is 0 Å². The van der Waals surface area contributed by atoms with Crippen LogP contribution in [-0.2, 0) is 0 Å². The number of benzene rings is 2. The smallest absolute Gasteiger partial charge is 0.193 e. The Hall–Kier alpha value is -3.53. The number of aromatic hydroxyl groups is 1. The zero-order valence-corrected chi connectivity index (χ0v) is 21.4.